The molecular formula is C28H29ClN6O2. The van der Waals surface area contributed by atoms with Gasteiger partial charge in [-0.15, -0.1) is 0 Å². The van der Waals surface area contributed by atoms with Crippen LogP contribution in [-0.4, -0.2) is 47.3 Å². The number of carbonyl (C=O) groups is 2. The maximum atomic E-state index is 13.8. The fourth-order valence-electron chi connectivity index (χ4n) is 4.19. The molecule has 1 heterocycles. The van der Waals surface area contributed by atoms with Crippen LogP contribution in [-0.2, 0) is 16.0 Å². The number of hydrogen-bond acceptors (Lipinski definition) is 3. The first kappa shape index (κ1) is 25.8. The van der Waals surface area contributed by atoms with Crippen molar-refractivity contribution in [2.45, 2.75) is 12.8 Å². The van der Waals surface area contributed by atoms with E-state index in [-0.39, 0.29) is 37.3 Å². The number of nitrogens with zero attached hydrogens (tertiary/aromatic N) is 3. The lowest BCUT2D eigenvalue weighted by atomic mass is 10.1. The summed E-state index contributed by atoms with van der Waals surface area (Å²) in [5, 5.41) is 1.52. The fraction of sp³-hybridized carbons (Fsp3) is 0.179. The first-order chi connectivity index (χ1) is 17.9. The van der Waals surface area contributed by atoms with E-state index in [0.29, 0.717) is 29.4 Å². The van der Waals surface area contributed by atoms with Crippen molar-refractivity contribution in [3.05, 3.63) is 95.6 Å². The third-order valence-electron chi connectivity index (χ3n) is 5.98. The van der Waals surface area contributed by atoms with E-state index in [1.807, 2.05) is 66.9 Å². The van der Waals surface area contributed by atoms with Gasteiger partial charge in [0.25, 0.3) is 5.91 Å². The normalized spacial score (nSPS) is 10.7. The number of fused-ring (bicyclic) bond motifs is 1. The molecular weight excluding hydrogens is 488 g/mol. The average molecular weight is 517 g/mol. The van der Waals surface area contributed by atoms with Crippen LogP contribution in [0.2, 0.25) is 5.02 Å². The van der Waals surface area contributed by atoms with Gasteiger partial charge in [-0.3, -0.25) is 19.5 Å². The molecule has 5 N–H and O–H groups in total. The Morgan fingerprint density at radius 2 is 1.59 bits per heavy atom. The van der Waals surface area contributed by atoms with Crippen molar-refractivity contribution in [3.63, 3.8) is 0 Å². The van der Waals surface area contributed by atoms with E-state index in [1.165, 1.54) is 0 Å². The number of amides is 2. The number of carbonyl (C=O) groups excluding carboxylic acids is 2. The van der Waals surface area contributed by atoms with Crippen molar-refractivity contribution in [3.8, 4) is 0 Å². The summed E-state index contributed by atoms with van der Waals surface area (Å²) in [4.78, 5) is 37.3. The van der Waals surface area contributed by atoms with E-state index in [9.17, 15) is 9.59 Å². The number of para-hydroxylation sites is 3. The van der Waals surface area contributed by atoms with Crippen molar-refractivity contribution in [1.29, 1.82) is 0 Å². The number of benzene rings is 3. The molecule has 0 spiro atoms. The second kappa shape index (κ2) is 12.1. The molecule has 37 heavy (non-hydrogen) atoms. The molecule has 2 amide bonds. The number of aromatic amines is 1. The highest BCUT2D eigenvalue weighted by Gasteiger charge is 2.25. The smallest absolute Gasteiger partial charge is 0.251 e. The van der Waals surface area contributed by atoms with Crippen molar-refractivity contribution in [2.75, 3.05) is 24.5 Å². The summed E-state index contributed by atoms with van der Waals surface area (Å²) in [6.45, 7) is 0.356. The van der Waals surface area contributed by atoms with Crippen LogP contribution in [0, 0.1) is 0 Å². The van der Waals surface area contributed by atoms with Crippen LogP contribution in [0.1, 0.15) is 12.0 Å². The van der Waals surface area contributed by atoms with Gasteiger partial charge in [-0.1, -0.05) is 60.1 Å². The summed E-state index contributed by atoms with van der Waals surface area (Å²) >= 11 is 6.48. The minimum Gasteiger partial charge on any atom is -0.370 e. The van der Waals surface area contributed by atoms with E-state index >= 15 is 0 Å². The first-order valence-corrected chi connectivity index (χ1v) is 12.3. The van der Waals surface area contributed by atoms with Crippen molar-refractivity contribution in [2.24, 2.45) is 16.5 Å². The molecule has 0 aliphatic heterocycles. The van der Waals surface area contributed by atoms with Gasteiger partial charge >= 0.3 is 0 Å². The fourth-order valence-corrected chi connectivity index (χ4v) is 4.41. The number of anilines is 2. The molecule has 0 saturated carbocycles. The molecule has 0 unspecified atom stereocenters. The van der Waals surface area contributed by atoms with Gasteiger partial charge in [-0.2, -0.15) is 0 Å². The van der Waals surface area contributed by atoms with Crippen LogP contribution in [0.3, 0.4) is 0 Å². The van der Waals surface area contributed by atoms with Crippen LogP contribution in [0.5, 0.6) is 0 Å². The number of nitrogens with two attached hydrogens (primary N) is 2. The Bertz CT molecular complexity index is 1400. The Kier molecular flexibility index (Phi) is 8.43. The summed E-state index contributed by atoms with van der Waals surface area (Å²) in [5.74, 6) is -0.582. The monoisotopic (exact) mass is 516 g/mol. The maximum Gasteiger partial charge on any atom is 0.251 e. The summed E-state index contributed by atoms with van der Waals surface area (Å²) < 4.78 is 0. The van der Waals surface area contributed by atoms with Crippen molar-refractivity contribution >= 4 is 51.7 Å². The highest BCUT2D eigenvalue weighted by Crippen LogP contribution is 2.32. The first-order valence-electron chi connectivity index (χ1n) is 11.9. The van der Waals surface area contributed by atoms with E-state index < -0.39 is 0 Å². The number of aliphatic imine (C=N–C) groups is 1. The minimum atomic E-state index is -0.284. The van der Waals surface area contributed by atoms with E-state index in [0.717, 1.165) is 16.5 Å². The quantitative estimate of drug-likeness (QED) is 0.216. The zero-order valence-corrected chi connectivity index (χ0v) is 21.1. The second-order valence-electron chi connectivity index (χ2n) is 8.50. The van der Waals surface area contributed by atoms with Crippen LogP contribution in [0.4, 0.5) is 11.4 Å². The molecule has 4 aromatic rings. The predicted octanol–water partition coefficient (Wildman–Crippen LogP) is 4.22. The van der Waals surface area contributed by atoms with Gasteiger partial charge in [0.2, 0.25) is 5.91 Å². The van der Waals surface area contributed by atoms with E-state index in [1.54, 1.807) is 28.0 Å². The Morgan fingerprint density at radius 3 is 2.35 bits per heavy atom. The maximum absolute atomic E-state index is 13.8. The Balaban J connectivity index is 1.59. The Labute approximate surface area is 220 Å². The van der Waals surface area contributed by atoms with Gasteiger partial charge in [-0.05, 0) is 42.3 Å². The second-order valence-corrected chi connectivity index (χ2v) is 8.90. The van der Waals surface area contributed by atoms with Gasteiger partial charge in [0.15, 0.2) is 5.96 Å². The molecule has 8 nitrogen and oxygen atoms in total. The molecule has 0 atom stereocenters. The van der Waals surface area contributed by atoms with Crippen molar-refractivity contribution in [1.82, 2.24) is 9.88 Å². The number of rotatable bonds is 10. The average Bonchev–Trinajstić information content (AvgIpc) is 3.31. The highest BCUT2D eigenvalue weighted by atomic mass is 35.5. The van der Waals surface area contributed by atoms with Gasteiger partial charge in [0, 0.05) is 35.8 Å². The highest BCUT2D eigenvalue weighted by molar-refractivity contribution is 6.34. The third kappa shape index (κ3) is 6.48. The van der Waals surface area contributed by atoms with Crippen molar-refractivity contribution < 1.29 is 9.59 Å². The molecule has 0 saturated heterocycles. The van der Waals surface area contributed by atoms with Crippen LogP contribution in [0.15, 0.2) is 90.1 Å². The lowest BCUT2D eigenvalue weighted by Gasteiger charge is -2.28. The minimum absolute atomic E-state index is 0.0799. The lowest BCUT2D eigenvalue weighted by molar-refractivity contribution is -0.134. The van der Waals surface area contributed by atoms with Gasteiger partial charge in [-0.25, -0.2) is 0 Å². The molecule has 4 rings (SSSR count). The number of H-pyrrole nitrogens is 1. The largest absolute Gasteiger partial charge is 0.370 e. The summed E-state index contributed by atoms with van der Waals surface area (Å²) in [7, 11) is 0. The topological polar surface area (TPSA) is 121 Å². The van der Waals surface area contributed by atoms with Crippen LogP contribution in [0.25, 0.3) is 10.9 Å². The Hall–Kier alpha value is -4.30. The molecule has 0 bridgehead atoms. The zero-order valence-electron chi connectivity index (χ0n) is 20.3. The molecule has 0 aliphatic carbocycles. The molecule has 3 aromatic carbocycles. The van der Waals surface area contributed by atoms with Crippen LogP contribution >= 0.6 is 11.6 Å². The third-order valence-corrected chi connectivity index (χ3v) is 6.30. The van der Waals surface area contributed by atoms with E-state index in [2.05, 4.69) is 9.98 Å². The molecule has 0 aliphatic rings. The summed E-state index contributed by atoms with van der Waals surface area (Å²) in [6, 6.07) is 24.3. The van der Waals surface area contributed by atoms with E-state index in [4.69, 9.17) is 23.1 Å². The molecule has 190 valence electrons. The van der Waals surface area contributed by atoms with Gasteiger partial charge in [0.05, 0.1) is 17.3 Å². The molecule has 0 radical (unpaired) electrons. The summed E-state index contributed by atoms with van der Waals surface area (Å²) in [6.07, 6.45) is 2.59. The zero-order chi connectivity index (χ0) is 26.2. The number of guanidine groups is 1. The molecule has 1 aromatic heterocycles. The number of aromatic nitrogens is 1. The van der Waals surface area contributed by atoms with Gasteiger partial charge in [0.1, 0.15) is 6.54 Å². The Morgan fingerprint density at radius 1 is 0.892 bits per heavy atom. The SMILES string of the molecule is NC(N)=NCCC(=O)N(CCc1c[nH]c2ccccc12)CC(=O)N(c1ccccc1)c1ccccc1Cl. The van der Waals surface area contributed by atoms with Crippen LogP contribution < -0.4 is 16.4 Å². The summed E-state index contributed by atoms with van der Waals surface area (Å²) in [5.41, 5.74) is 14.1. The molecule has 9 heteroatoms. The van der Waals surface area contributed by atoms with Gasteiger partial charge < -0.3 is 21.4 Å². The molecule has 0 fully saturated rings. The standard InChI is InChI=1S/C28H29ClN6O2/c29-23-11-5-7-13-25(23)35(21-8-2-1-3-9-21)27(37)19-34(26(36)14-16-32-28(30)31)17-15-20-18-33-24-12-6-4-10-22(20)24/h1-13,18,33H,14-17,19H2,(H4,30,31,32). The number of nitrogens with one attached hydrogen (secondary N) is 1. The number of halogens is 1. The number of hydrogen-bond donors (Lipinski definition) is 3. The lowest BCUT2D eigenvalue weighted by Crippen LogP contribution is -2.42. The predicted molar refractivity (Wildman–Crippen MR) is 149 cm³/mol.